The summed E-state index contributed by atoms with van der Waals surface area (Å²) in [6, 6.07) is 20.7. The van der Waals surface area contributed by atoms with Crippen molar-refractivity contribution >= 4 is 16.5 Å². The van der Waals surface area contributed by atoms with Gasteiger partial charge >= 0.3 is 0 Å². The number of nitrogens with zero attached hydrogens (tertiary/aromatic N) is 2. The molecule has 1 N–H and O–H groups in total. The standard InChI is InChI=1S/C26H30N2O/c1-4-27(5-2)18-10-13-23-17-16-21(19-26(23)29)20-28(6-3)25-15-9-12-22-11-7-8-14-24(22)25/h7-9,11-12,14-17,19,29H,4-6,18,20H2,1-3H3. The molecule has 0 aliphatic rings. The molecule has 0 aromatic heterocycles. The van der Waals surface area contributed by atoms with Crippen molar-refractivity contribution in [3.05, 3.63) is 71.8 Å². The van der Waals surface area contributed by atoms with E-state index >= 15 is 0 Å². The lowest BCUT2D eigenvalue weighted by atomic mass is 10.1. The minimum absolute atomic E-state index is 0.253. The van der Waals surface area contributed by atoms with Gasteiger partial charge in [0.2, 0.25) is 0 Å². The van der Waals surface area contributed by atoms with Crippen molar-refractivity contribution in [2.45, 2.75) is 27.3 Å². The van der Waals surface area contributed by atoms with E-state index in [1.807, 2.05) is 12.1 Å². The average Bonchev–Trinajstić information content (AvgIpc) is 2.76. The lowest BCUT2D eigenvalue weighted by Crippen LogP contribution is -2.22. The molecule has 0 radical (unpaired) electrons. The topological polar surface area (TPSA) is 26.7 Å². The van der Waals surface area contributed by atoms with Crippen LogP contribution in [0.1, 0.15) is 31.9 Å². The van der Waals surface area contributed by atoms with Crippen molar-refractivity contribution in [1.29, 1.82) is 0 Å². The second-order valence-corrected chi connectivity index (χ2v) is 7.13. The molecule has 0 amide bonds. The van der Waals surface area contributed by atoms with E-state index in [4.69, 9.17) is 0 Å². The second kappa shape index (κ2) is 10.0. The monoisotopic (exact) mass is 386 g/mol. The van der Waals surface area contributed by atoms with Gasteiger partial charge in [0.25, 0.3) is 0 Å². The maximum absolute atomic E-state index is 10.5. The first-order valence-electron chi connectivity index (χ1n) is 10.4. The molecule has 0 heterocycles. The van der Waals surface area contributed by atoms with Gasteiger partial charge in [-0.05, 0) is 49.2 Å². The van der Waals surface area contributed by atoms with Gasteiger partial charge in [-0.25, -0.2) is 0 Å². The van der Waals surface area contributed by atoms with Gasteiger partial charge in [0.1, 0.15) is 5.75 Å². The Kier molecular flexibility index (Phi) is 7.16. The number of hydrogen-bond donors (Lipinski definition) is 1. The Labute approximate surface area is 174 Å². The smallest absolute Gasteiger partial charge is 0.131 e. The lowest BCUT2D eigenvalue weighted by Gasteiger charge is -2.25. The highest BCUT2D eigenvalue weighted by Crippen LogP contribution is 2.28. The van der Waals surface area contributed by atoms with Crippen LogP contribution in [0.15, 0.2) is 60.7 Å². The van der Waals surface area contributed by atoms with Gasteiger partial charge in [0.05, 0.1) is 12.1 Å². The Morgan fingerprint density at radius 1 is 0.862 bits per heavy atom. The first-order chi connectivity index (χ1) is 14.2. The summed E-state index contributed by atoms with van der Waals surface area (Å²) in [4.78, 5) is 4.59. The summed E-state index contributed by atoms with van der Waals surface area (Å²) >= 11 is 0. The second-order valence-electron chi connectivity index (χ2n) is 7.13. The molecule has 3 heteroatoms. The molecule has 150 valence electrons. The highest BCUT2D eigenvalue weighted by Gasteiger charge is 2.10. The minimum Gasteiger partial charge on any atom is -0.507 e. The van der Waals surface area contributed by atoms with E-state index < -0.39 is 0 Å². The molecule has 0 atom stereocenters. The van der Waals surface area contributed by atoms with Crippen molar-refractivity contribution in [3.8, 4) is 17.6 Å². The van der Waals surface area contributed by atoms with Crippen molar-refractivity contribution in [3.63, 3.8) is 0 Å². The fourth-order valence-electron chi connectivity index (χ4n) is 3.55. The number of benzene rings is 3. The summed E-state index contributed by atoms with van der Waals surface area (Å²) in [6.45, 7) is 10.7. The van der Waals surface area contributed by atoms with Crippen LogP contribution in [0.3, 0.4) is 0 Å². The number of anilines is 1. The Balaban J connectivity index is 1.79. The molecule has 3 nitrogen and oxygen atoms in total. The number of phenolic OH excluding ortho intramolecular Hbond substituents is 1. The third kappa shape index (κ3) is 5.10. The van der Waals surface area contributed by atoms with E-state index in [1.165, 1.54) is 16.5 Å². The van der Waals surface area contributed by atoms with Crippen LogP contribution < -0.4 is 4.90 Å². The van der Waals surface area contributed by atoms with Gasteiger partial charge in [0.15, 0.2) is 0 Å². The fraction of sp³-hybridized carbons (Fsp3) is 0.308. The molecule has 0 fully saturated rings. The summed E-state index contributed by atoms with van der Waals surface area (Å²) in [5, 5.41) is 13.0. The molecule has 0 saturated heterocycles. The molecule has 3 aromatic carbocycles. The van der Waals surface area contributed by atoms with E-state index in [2.05, 4.69) is 90.9 Å². The number of aromatic hydroxyl groups is 1. The zero-order chi connectivity index (χ0) is 20.6. The third-order valence-electron chi connectivity index (χ3n) is 5.34. The molecule has 0 spiro atoms. The Bertz CT molecular complexity index is 1010. The maximum atomic E-state index is 10.5. The van der Waals surface area contributed by atoms with Crippen LogP contribution >= 0.6 is 0 Å². The molecule has 0 saturated carbocycles. The van der Waals surface area contributed by atoms with E-state index in [9.17, 15) is 5.11 Å². The van der Waals surface area contributed by atoms with Gasteiger partial charge in [0, 0.05) is 24.2 Å². The summed E-state index contributed by atoms with van der Waals surface area (Å²) in [7, 11) is 0. The SMILES string of the molecule is CCN(CC)CC#Cc1ccc(CN(CC)c2cccc3ccccc23)cc1O. The van der Waals surface area contributed by atoms with Gasteiger partial charge in [-0.1, -0.05) is 68.2 Å². The summed E-state index contributed by atoms with van der Waals surface area (Å²) < 4.78 is 0. The summed E-state index contributed by atoms with van der Waals surface area (Å²) in [6.07, 6.45) is 0. The Hall–Kier alpha value is -2.96. The highest BCUT2D eigenvalue weighted by atomic mass is 16.3. The zero-order valence-electron chi connectivity index (χ0n) is 17.7. The molecule has 3 rings (SSSR count). The Morgan fingerprint density at radius 3 is 2.34 bits per heavy atom. The minimum atomic E-state index is 0.253. The summed E-state index contributed by atoms with van der Waals surface area (Å²) in [5.74, 6) is 6.53. The van der Waals surface area contributed by atoms with Crippen LogP contribution in [-0.4, -0.2) is 36.2 Å². The molecule has 0 aliphatic carbocycles. The van der Waals surface area contributed by atoms with Crippen LogP contribution in [0.4, 0.5) is 5.69 Å². The van der Waals surface area contributed by atoms with Crippen molar-refractivity contribution in [1.82, 2.24) is 4.90 Å². The van der Waals surface area contributed by atoms with E-state index in [0.29, 0.717) is 5.56 Å². The average molecular weight is 387 g/mol. The van der Waals surface area contributed by atoms with Crippen molar-refractivity contribution < 1.29 is 5.11 Å². The van der Waals surface area contributed by atoms with Crippen LogP contribution in [0, 0.1) is 11.8 Å². The molecular formula is C26H30N2O. The molecule has 0 aliphatic heterocycles. The van der Waals surface area contributed by atoms with Gasteiger partial charge < -0.3 is 10.0 Å². The highest BCUT2D eigenvalue weighted by molar-refractivity contribution is 5.94. The largest absolute Gasteiger partial charge is 0.507 e. The van der Waals surface area contributed by atoms with E-state index in [0.717, 1.165) is 38.3 Å². The van der Waals surface area contributed by atoms with Crippen molar-refractivity contribution in [2.24, 2.45) is 0 Å². The van der Waals surface area contributed by atoms with Crippen LogP contribution in [0.2, 0.25) is 0 Å². The zero-order valence-corrected chi connectivity index (χ0v) is 17.7. The maximum Gasteiger partial charge on any atom is 0.131 e. The molecule has 0 bridgehead atoms. The predicted molar refractivity (Wildman–Crippen MR) is 123 cm³/mol. The molecule has 3 aromatic rings. The fourth-order valence-corrected chi connectivity index (χ4v) is 3.55. The van der Waals surface area contributed by atoms with Crippen LogP contribution in [0.25, 0.3) is 10.8 Å². The first-order valence-corrected chi connectivity index (χ1v) is 10.4. The predicted octanol–water partition coefficient (Wildman–Crippen LogP) is 5.27. The number of rotatable bonds is 7. The van der Waals surface area contributed by atoms with E-state index in [1.54, 1.807) is 0 Å². The van der Waals surface area contributed by atoms with Crippen LogP contribution in [0.5, 0.6) is 5.75 Å². The molecule has 29 heavy (non-hydrogen) atoms. The van der Waals surface area contributed by atoms with Gasteiger partial charge in [-0.15, -0.1) is 0 Å². The van der Waals surface area contributed by atoms with Gasteiger partial charge in [-0.2, -0.15) is 0 Å². The number of phenols is 1. The number of fused-ring (bicyclic) bond motifs is 1. The quantitative estimate of drug-likeness (QED) is 0.561. The van der Waals surface area contributed by atoms with Gasteiger partial charge in [-0.3, -0.25) is 4.90 Å². The number of hydrogen-bond acceptors (Lipinski definition) is 3. The lowest BCUT2D eigenvalue weighted by molar-refractivity contribution is 0.342. The molecular weight excluding hydrogens is 356 g/mol. The van der Waals surface area contributed by atoms with Crippen molar-refractivity contribution in [2.75, 3.05) is 31.1 Å². The normalized spacial score (nSPS) is 10.8. The van der Waals surface area contributed by atoms with Crippen LogP contribution in [-0.2, 0) is 6.54 Å². The first kappa shape index (κ1) is 20.8. The van der Waals surface area contributed by atoms with E-state index in [-0.39, 0.29) is 5.75 Å². The Morgan fingerprint density at radius 2 is 1.62 bits per heavy atom. The summed E-state index contributed by atoms with van der Waals surface area (Å²) in [5.41, 5.74) is 2.98. The molecule has 0 unspecified atom stereocenters. The third-order valence-corrected chi connectivity index (χ3v) is 5.34.